The van der Waals surface area contributed by atoms with E-state index in [1.165, 1.54) is 14.2 Å². The average Bonchev–Trinajstić information content (AvgIpc) is 2.91. The number of unbranched alkanes of at least 4 members (excludes halogenated alkanes) is 1. The second kappa shape index (κ2) is 19.1. The largest absolute Gasteiger partial charge is 0.636 e. The molecule has 4 atom stereocenters. The maximum absolute atomic E-state index is 14.6. The molecule has 0 aliphatic carbocycles. The van der Waals surface area contributed by atoms with Crippen LogP contribution >= 0.6 is 0 Å². The number of hydrogen-bond donors (Lipinski definition) is 0. The van der Waals surface area contributed by atoms with Crippen molar-refractivity contribution in [3.8, 4) is 0 Å². The van der Waals surface area contributed by atoms with Gasteiger partial charge in [-0.05, 0) is 70.9 Å². The number of ether oxygens (including phenoxy) is 2. The van der Waals surface area contributed by atoms with E-state index in [4.69, 9.17) is 25.3 Å². The van der Waals surface area contributed by atoms with Crippen molar-refractivity contribution in [1.82, 2.24) is 0 Å². The van der Waals surface area contributed by atoms with Gasteiger partial charge in [-0.1, -0.05) is 19.8 Å². The Morgan fingerprint density at radius 2 is 1.18 bits per heavy atom. The first-order chi connectivity index (χ1) is 21.9. The van der Waals surface area contributed by atoms with Gasteiger partial charge in [0.05, 0.1) is 0 Å². The zero-order valence-electron chi connectivity index (χ0n) is 29.7. The Bertz CT molecular complexity index is 977. The summed E-state index contributed by atoms with van der Waals surface area (Å²) in [6, 6.07) is 0.916. The highest BCUT2D eigenvalue weighted by Crippen LogP contribution is 2.51. The molecule has 8 nitrogen and oxygen atoms in total. The predicted octanol–water partition coefficient (Wildman–Crippen LogP) is 7.00. The van der Waals surface area contributed by atoms with Crippen LogP contribution in [0.5, 0.6) is 0 Å². The SMILES string of the molecule is CCCC[Si](C)(C)O[Si](O[SiH](C)C)(O[SiH](C)C)O[SiH]([SiH](C)OC)[Si](C)(CCCOCC(F)(OC(F)(F)C(F)(F)C(F)(F)F)C(F)(F)F)OC. The Morgan fingerprint density at radius 1 is 0.673 bits per heavy atom. The van der Waals surface area contributed by atoms with Gasteiger partial charge in [0, 0.05) is 20.8 Å². The molecule has 0 bridgehead atoms. The van der Waals surface area contributed by atoms with Crippen LogP contribution in [0.2, 0.25) is 64.5 Å². The van der Waals surface area contributed by atoms with Crippen LogP contribution in [-0.2, 0) is 34.8 Å². The molecule has 0 N–H and O–H groups in total. The summed E-state index contributed by atoms with van der Waals surface area (Å²) in [5.74, 6) is -12.9. The Labute approximate surface area is 290 Å². The zero-order valence-corrected chi connectivity index (χ0v) is 37.3. The first-order valence-electron chi connectivity index (χ1n) is 15.6. The van der Waals surface area contributed by atoms with Crippen molar-refractivity contribution < 1.29 is 83.1 Å². The maximum atomic E-state index is 14.6. The summed E-state index contributed by atoms with van der Waals surface area (Å²) in [5, 5.41) is 0. The smallest absolute Gasteiger partial charge is 0.424 e. The fourth-order valence-corrected chi connectivity index (χ4v) is 48.7. The summed E-state index contributed by atoms with van der Waals surface area (Å²) >= 11 is 0. The summed E-state index contributed by atoms with van der Waals surface area (Å²) in [4.78, 5) is 0. The second-order valence-corrected chi connectivity index (χ2v) is 44.0. The van der Waals surface area contributed by atoms with Crippen molar-refractivity contribution in [3.63, 3.8) is 0 Å². The topological polar surface area (TPSA) is 73.8 Å². The van der Waals surface area contributed by atoms with Crippen LogP contribution in [0.3, 0.4) is 0 Å². The van der Waals surface area contributed by atoms with Crippen LogP contribution in [0.25, 0.3) is 0 Å². The molecule has 49 heavy (non-hydrogen) atoms. The van der Waals surface area contributed by atoms with Gasteiger partial charge in [0.25, 0.3) is 0 Å². The van der Waals surface area contributed by atoms with Crippen LogP contribution < -0.4 is 0 Å². The minimum atomic E-state index is -7.14. The molecule has 0 rings (SSSR count). The molecular weight excluding hydrogens is 810 g/mol. The number of halogens is 11. The van der Waals surface area contributed by atoms with Crippen LogP contribution in [0, 0.1) is 0 Å². The van der Waals surface area contributed by atoms with Gasteiger partial charge >= 0.3 is 39.3 Å². The minimum absolute atomic E-state index is 0.106. The highest BCUT2D eigenvalue weighted by molar-refractivity contribution is 7.51. The summed E-state index contributed by atoms with van der Waals surface area (Å²) < 4.78 is 191. The van der Waals surface area contributed by atoms with E-state index >= 15 is 0 Å². The molecule has 0 fully saturated rings. The third kappa shape index (κ3) is 14.6. The van der Waals surface area contributed by atoms with E-state index in [1.807, 2.05) is 45.8 Å². The van der Waals surface area contributed by atoms with E-state index in [1.54, 1.807) is 6.55 Å². The molecule has 4 unspecified atom stereocenters. The van der Waals surface area contributed by atoms with Crippen molar-refractivity contribution in [2.45, 2.75) is 121 Å². The van der Waals surface area contributed by atoms with E-state index in [0.29, 0.717) is 0 Å². The van der Waals surface area contributed by atoms with Crippen LogP contribution in [-0.4, -0.2) is 118 Å². The van der Waals surface area contributed by atoms with E-state index < -0.39 is 103 Å². The molecule has 0 aliphatic heterocycles. The van der Waals surface area contributed by atoms with Gasteiger partial charge in [-0.15, -0.1) is 0 Å². The third-order valence-corrected chi connectivity index (χ3v) is 46.6. The number of alkyl halides is 11. The summed E-state index contributed by atoms with van der Waals surface area (Å²) in [6.07, 6.45) is -18.8. The molecule has 0 aromatic carbocycles. The van der Waals surface area contributed by atoms with Crippen molar-refractivity contribution in [1.29, 1.82) is 0 Å². The van der Waals surface area contributed by atoms with E-state index in [2.05, 4.69) is 16.4 Å². The zero-order chi connectivity index (χ0) is 38.9. The average molecular weight is 861 g/mol. The standard InChI is InChI=1S/C23H51F11O8Si7/c1-12-13-16-47(9,10)42-49(39-43(4)5,40-44(6)7)41-46(45(8)35-2)48(11,36-3)17-14-15-37-18-19(24,21(27,28)29)38-23(33,34)20(25,26)22(30,31)32/h43-46H,12-18H2,1-11H3. The molecule has 0 aromatic heterocycles. The van der Waals surface area contributed by atoms with Gasteiger partial charge in [-0.3, -0.25) is 4.74 Å². The van der Waals surface area contributed by atoms with Gasteiger partial charge in [0.15, 0.2) is 35.0 Å². The molecule has 0 aromatic rings. The Hall–Kier alpha value is 0.428. The molecule has 0 saturated carbocycles. The van der Waals surface area contributed by atoms with Gasteiger partial charge in [-0.2, -0.15) is 48.3 Å². The number of rotatable bonds is 24. The van der Waals surface area contributed by atoms with Gasteiger partial charge in [0.2, 0.25) is 15.9 Å². The molecule has 0 spiro atoms. The van der Waals surface area contributed by atoms with Crippen LogP contribution in [0.4, 0.5) is 48.3 Å². The maximum Gasteiger partial charge on any atom is 0.636 e. The first-order valence-corrected chi connectivity index (χ1v) is 35.1. The summed E-state index contributed by atoms with van der Waals surface area (Å²) in [6.45, 7) is 14.4. The summed E-state index contributed by atoms with van der Waals surface area (Å²) in [7, 11) is -14.9. The molecular formula is C23H51F11O8Si7. The van der Waals surface area contributed by atoms with E-state index in [-0.39, 0.29) is 12.5 Å². The van der Waals surface area contributed by atoms with E-state index in [9.17, 15) is 48.3 Å². The minimum Gasteiger partial charge on any atom is -0.424 e. The Balaban J connectivity index is 6.26. The van der Waals surface area contributed by atoms with E-state index in [0.717, 1.165) is 18.9 Å². The van der Waals surface area contributed by atoms with Crippen molar-refractivity contribution in [2.24, 2.45) is 0 Å². The number of hydrogen-bond acceptors (Lipinski definition) is 8. The van der Waals surface area contributed by atoms with Gasteiger partial charge < -0.3 is 30.0 Å². The van der Waals surface area contributed by atoms with Crippen LogP contribution in [0.1, 0.15) is 26.2 Å². The Kier molecular flexibility index (Phi) is 19.3. The van der Waals surface area contributed by atoms with Crippen molar-refractivity contribution >= 4 is 59.9 Å². The third-order valence-electron chi connectivity index (χ3n) is 7.12. The van der Waals surface area contributed by atoms with Crippen LogP contribution in [0.15, 0.2) is 0 Å². The second-order valence-electron chi connectivity index (χ2n) is 12.9. The Morgan fingerprint density at radius 3 is 1.57 bits per heavy atom. The van der Waals surface area contributed by atoms with Gasteiger partial charge in [0.1, 0.15) is 6.61 Å². The normalized spacial score (nSPS) is 18.1. The molecule has 0 amide bonds. The quantitative estimate of drug-likeness (QED) is 0.0584. The molecule has 0 aliphatic rings. The molecule has 296 valence electrons. The fourth-order valence-electron chi connectivity index (χ4n) is 4.41. The lowest BCUT2D eigenvalue weighted by atomic mass is 10.2. The highest BCUT2D eigenvalue weighted by Gasteiger charge is 2.78. The summed E-state index contributed by atoms with van der Waals surface area (Å²) in [5.41, 5.74) is 0. The lowest BCUT2D eigenvalue weighted by molar-refractivity contribution is -0.486. The fraction of sp³-hybridized carbons (Fsp3) is 1.00. The predicted molar refractivity (Wildman–Crippen MR) is 178 cm³/mol. The van der Waals surface area contributed by atoms with Crippen molar-refractivity contribution in [3.05, 3.63) is 0 Å². The first kappa shape index (κ1) is 49.4. The highest BCUT2D eigenvalue weighted by atomic mass is 29.6. The molecule has 0 saturated heterocycles. The van der Waals surface area contributed by atoms with Crippen molar-refractivity contribution in [2.75, 3.05) is 27.4 Å². The lowest BCUT2D eigenvalue weighted by Gasteiger charge is -2.44. The molecule has 0 heterocycles. The molecule has 26 heteroatoms. The van der Waals surface area contributed by atoms with Gasteiger partial charge in [-0.25, -0.2) is 0 Å². The lowest BCUT2D eigenvalue weighted by Crippen LogP contribution is -2.69. The molecule has 0 radical (unpaired) electrons. The monoisotopic (exact) mass is 860 g/mol.